The highest BCUT2D eigenvalue weighted by Crippen LogP contribution is 2.30. The molecular formula is C22H26N2O5. The Kier molecular flexibility index (Phi) is 6.05. The van der Waals surface area contributed by atoms with Crippen molar-refractivity contribution in [1.29, 1.82) is 0 Å². The standard InChI is InChI=1S/C22H26N2O5/c25-19-8-2-1-6-16(19)13-24(14-17-7-5-11-27-17)22(26)23-12-18-15-28-20-9-3-4-10-21(20)29-18/h1-4,6,8-10,17-18,25H,5,7,11-15H2,(H,23,26). The highest BCUT2D eigenvalue weighted by atomic mass is 16.6. The van der Waals surface area contributed by atoms with E-state index in [1.165, 1.54) is 0 Å². The van der Waals surface area contributed by atoms with E-state index in [0.717, 1.165) is 25.2 Å². The third-order valence-corrected chi connectivity index (χ3v) is 5.14. The highest BCUT2D eigenvalue weighted by Gasteiger charge is 2.26. The average Bonchev–Trinajstić information content (AvgIpc) is 3.26. The number of carbonyl (C=O) groups is 1. The maximum Gasteiger partial charge on any atom is 0.317 e. The monoisotopic (exact) mass is 398 g/mol. The molecule has 7 nitrogen and oxygen atoms in total. The van der Waals surface area contributed by atoms with Crippen LogP contribution in [0.15, 0.2) is 48.5 Å². The second kappa shape index (κ2) is 9.05. The molecule has 2 unspecified atom stereocenters. The Bertz CT molecular complexity index is 837. The van der Waals surface area contributed by atoms with Crippen molar-refractivity contribution in [1.82, 2.24) is 10.2 Å². The van der Waals surface area contributed by atoms with Crippen molar-refractivity contribution in [3.8, 4) is 17.2 Å². The van der Waals surface area contributed by atoms with E-state index < -0.39 is 0 Å². The molecule has 2 aromatic rings. The molecular weight excluding hydrogens is 372 g/mol. The minimum atomic E-state index is -0.261. The van der Waals surface area contributed by atoms with Crippen LogP contribution in [-0.2, 0) is 11.3 Å². The topological polar surface area (TPSA) is 80.3 Å². The quantitative estimate of drug-likeness (QED) is 0.782. The van der Waals surface area contributed by atoms with Crippen LogP contribution in [0.4, 0.5) is 4.79 Å². The number of para-hydroxylation sites is 3. The van der Waals surface area contributed by atoms with Gasteiger partial charge in [0.1, 0.15) is 12.4 Å². The minimum Gasteiger partial charge on any atom is -0.508 e. The van der Waals surface area contributed by atoms with E-state index in [2.05, 4.69) is 5.32 Å². The number of nitrogens with one attached hydrogen (secondary N) is 1. The first kappa shape index (κ1) is 19.4. The summed E-state index contributed by atoms with van der Waals surface area (Å²) < 4.78 is 17.3. The molecule has 2 atom stereocenters. The summed E-state index contributed by atoms with van der Waals surface area (Å²) in [6, 6.07) is 14.3. The molecule has 154 valence electrons. The normalized spacial score (nSPS) is 20.3. The third kappa shape index (κ3) is 4.92. The van der Waals surface area contributed by atoms with Crippen LogP contribution in [0.1, 0.15) is 18.4 Å². The summed E-state index contributed by atoms with van der Waals surface area (Å²) in [4.78, 5) is 14.6. The number of amides is 2. The van der Waals surface area contributed by atoms with Gasteiger partial charge in [0.15, 0.2) is 17.6 Å². The molecule has 4 rings (SSSR count). The Labute approximate surface area is 170 Å². The Balaban J connectivity index is 1.37. The van der Waals surface area contributed by atoms with E-state index in [1.807, 2.05) is 36.4 Å². The predicted molar refractivity (Wildman–Crippen MR) is 107 cm³/mol. The molecule has 2 N–H and O–H groups in total. The van der Waals surface area contributed by atoms with Crippen LogP contribution in [0, 0.1) is 0 Å². The summed E-state index contributed by atoms with van der Waals surface area (Å²) >= 11 is 0. The largest absolute Gasteiger partial charge is 0.508 e. The second-order valence-electron chi connectivity index (χ2n) is 7.33. The molecule has 1 saturated heterocycles. The third-order valence-electron chi connectivity index (χ3n) is 5.14. The minimum absolute atomic E-state index is 0.0211. The number of phenols is 1. The van der Waals surface area contributed by atoms with Crippen LogP contribution >= 0.6 is 0 Å². The van der Waals surface area contributed by atoms with Crippen LogP contribution in [0.25, 0.3) is 0 Å². The van der Waals surface area contributed by atoms with Gasteiger partial charge in [-0.25, -0.2) is 4.79 Å². The zero-order chi connectivity index (χ0) is 20.1. The van der Waals surface area contributed by atoms with Gasteiger partial charge in [0, 0.05) is 18.7 Å². The maximum absolute atomic E-state index is 12.9. The van der Waals surface area contributed by atoms with Crippen molar-refractivity contribution in [2.24, 2.45) is 0 Å². The molecule has 2 aliphatic heterocycles. The summed E-state index contributed by atoms with van der Waals surface area (Å²) in [5.41, 5.74) is 0.701. The smallest absolute Gasteiger partial charge is 0.317 e. The van der Waals surface area contributed by atoms with Gasteiger partial charge in [-0.1, -0.05) is 30.3 Å². The number of phenolic OH excluding ortho intramolecular Hbond substituents is 1. The first-order valence-corrected chi connectivity index (χ1v) is 9.99. The molecule has 2 aromatic carbocycles. The highest BCUT2D eigenvalue weighted by molar-refractivity contribution is 5.74. The van der Waals surface area contributed by atoms with Gasteiger partial charge in [0.2, 0.25) is 0 Å². The number of hydrogen-bond acceptors (Lipinski definition) is 5. The van der Waals surface area contributed by atoms with Crippen LogP contribution in [0.3, 0.4) is 0 Å². The molecule has 1 fully saturated rings. The lowest BCUT2D eigenvalue weighted by Gasteiger charge is -2.29. The van der Waals surface area contributed by atoms with E-state index in [-0.39, 0.29) is 24.0 Å². The van der Waals surface area contributed by atoms with Crippen LogP contribution in [0.2, 0.25) is 0 Å². The van der Waals surface area contributed by atoms with Crippen LogP contribution in [-0.4, -0.2) is 54.5 Å². The summed E-state index contributed by atoms with van der Waals surface area (Å²) in [5.74, 6) is 1.58. The molecule has 2 aliphatic rings. The van der Waals surface area contributed by atoms with Gasteiger partial charge in [-0.05, 0) is 31.0 Å². The molecule has 29 heavy (non-hydrogen) atoms. The van der Waals surface area contributed by atoms with Crippen molar-refractivity contribution in [2.45, 2.75) is 31.6 Å². The Morgan fingerprint density at radius 3 is 2.69 bits per heavy atom. The molecule has 2 amide bonds. The molecule has 0 saturated carbocycles. The Hall–Kier alpha value is -2.93. The van der Waals surface area contributed by atoms with Gasteiger partial charge in [-0.15, -0.1) is 0 Å². The van der Waals surface area contributed by atoms with Gasteiger partial charge in [-0.2, -0.15) is 0 Å². The number of ether oxygens (including phenoxy) is 3. The second-order valence-corrected chi connectivity index (χ2v) is 7.33. The van der Waals surface area contributed by atoms with Gasteiger partial charge in [0.25, 0.3) is 0 Å². The molecule has 0 radical (unpaired) electrons. The van der Waals surface area contributed by atoms with Crippen molar-refractivity contribution < 1.29 is 24.1 Å². The molecule has 2 heterocycles. The number of aromatic hydroxyl groups is 1. The first-order chi connectivity index (χ1) is 14.2. The van der Waals surface area contributed by atoms with E-state index in [0.29, 0.717) is 37.6 Å². The SMILES string of the molecule is O=C(NCC1COc2ccccc2O1)N(Cc1ccccc1O)CC1CCCO1. The molecule has 0 aliphatic carbocycles. The Morgan fingerprint density at radius 1 is 1.10 bits per heavy atom. The van der Waals surface area contributed by atoms with Crippen molar-refractivity contribution in [2.75, 3.05) is 26.3 Å². The number of urea groups is 1. The number of nitrogens with zero attached hydrogens (tertiary/aromatic N) is 1. The Morgan fingerprint density at radius 2 is 1.90 bits per heavy atom. The van der Waals surface area contributed by atoms with Crippen molar-refractivity contribution >= 4 is 6.03 Å². The van der Waals surface area contributed by atoms with E-state index in [4.69, 9.17) is 14.2 Å². The lowest BCUT2D eigenvalue weighted by Crippen LogP contribution is -2.47. The number of carbonyl (C=O) groups excluding carboxylic acids is 1. The lowest BCUT2D eigenvalue weighted by atomic mass is 10.1. The fraction of sp³-hybridized carbons (Fsp3) is 0.409. The van der Waals surface area contributed by atoms with E-state index >= 15 is 0 Å². The predicted octanol–water partition coefficient (Wildman–Crippen LogP) is 2.92. The van der Waals surface area contributed by atoms with E-state index in [9.17, 15) is 9.90 Å². The van der Waals surface area contributed by atoms with Crippen molar-refractivity contribution in [3.63, 3.8) is 0 Å². The van der Waals surface area contributed by atoms with Crippen LogP contribution < -0.4 is 14.8 Å². The van der Waals surface area contributed by atoms with Gasteiger partial charge >= 0.3 is 6.03 Å². The van der Waals surface area contributed by atoms with Crippen molar-refractivity contribution in [3.05, 3.63) is 54.1 Å². The zero-order valence-electron chi connectivity index (χ0n) is 16.3. The number of fused-ring (bicyclic) bond motifs is 1. The van der Waals surface area contributed by atoms with Gasteiger partial charge in [0.05, 0.1) is 19.2 Å². The summed E-state index contributed by atoms with van der Waals surface area (Å²) in [5, 5.41) is 13.0. The number of benzene rings is 2. The summed E-state index contributed by atoms with van der Waals surface area (Å²) in [7, 11) is 0. The lowest BCUT2D eigenvalue weighted by molar-refractivity contribution is 0.0741. The molecule has 0 aromatic heterocycles. The molecule has 0 bridgehead atoms. The summed E-state index contributed by atoms with van der Waals surface area (Å²) in [6.45, 7) is 2.22. The average molecular weight is 398 g/mol. The summed E-state index contributed by atoms with van der Waals surface area (Å²) in [6.07, 6.45) is 1.70. The number of hydrogen-bond donors (Lipinski definition) is 2. The first-order valence-electron chi connectivity index (χ1n) is 9.99. The van der Waals surface area contributed by atoms with E-state index in [1.54, 1.807) is 17.0 Å². The van der Waals surface area contributed by atoms with Crippen LogP contribution in [0.5, 0.6) is 17.2 Å². The molecule has 0 spiro atoms. The fourth-order valence-corrected chi connectivity index (χ4v) is 3.58. The maximum atomic E-state index is 12.9. The fourth-order valence-electron chi connectivity index (χ4n) is 3.58. The van der Waals surface area contributed by atoms with Gasteiger partial charge in [-0.3, -0.25) is 0 Å². The zero-order valence-corrected chi connectivity index (χ0v) is 16.3. The van der Waals surface area contributed by atoms with Gasteiger partial charge < -0.3 is 29.5 Å². The molecule has 7 heteroatoms. The number of rotatable bonds is 6.